The highest BCUT2D eigenvalue weighted by Crippen LogP contribution is 2.31. The molecule has 1 aliphatic carbocycles. The molecule has 0 bridgehead atoms. The molecule has 0 spiro atoms. The molecule has 1 saturated carbocycles. The molecular formula is C35H39ClN8O5. The van der Waals surface area contributed by atoms with E-state index in [1.54, 1.807) is 19.3 Å². The van der Waals surface area contributed by atoms with Crippen molar-refractivity contribution in [3.8, 4) is 5.75 Å². The lowest BCUT2D eigenvalue weighted by Gasteiger charge is -2.30. The number of nitrogens with zero attached hydrogens (tertiary/aromatic N) is 3. The van der Waals surface area contributed by atoms with Crippen LogP contribution in [0.3, 0.4) is 0 Å². The molecule has 6 rings (SSSR count). The van der Waals surface area contributed by atoms with Gasteiger partial charge < -0.3 is 30.6 Å². The first kappa shape index (κ1) is 33.7. The van der Waals surface area contributed by atoms with Gasteiger partial charge in [-0.05, 0) is 80.0 Å². The number of likely N-dealkylation sites (N-methyl/N-ethyl adjacent to an activating group) is 1. The van der Waals surface area contributed by atoms with Crippen molar-refractivity contribution >= 4 is 63.4 Å². The molecule has 4 aromatic rings. The number of benzene rings is 2. The number of carbonyl (C=O) groups is 3. The van der Waals surface area contributed by atoms with Gasteiger partial charge in [-0.2, -0.15) is 4.98 Å². The van der Waals surface area contributed by atoms with E-state index in [4.69, 9.17) is 16.3 Å². The van der Waals surface area contributed by atoms with E-state index in [0.717, 1.165) is 48.9 Å². The summed E-state index contributed by atoms with van der Waals surface area (Å²) in [5.41, 5.74) is 2.97. The number of piperidine rings is 1. The second-order valence-electron chi connectivity index (χ2n) is 12.5. The van der Waals surface area contributed by atoms with Crippen LogP contribution in [-0.2, 0) is 21.4 Å². The second kappa shape index (κ2) is 14.9. The van der Waals surface area contributed by atoms with E-state index in [1.165, 1.54) is 11.6 Å². The SMILES string of the molecule is CNC(=O)COc1cc2cc(Nc3nc(NC[C@H]4CC[C@H](Nc5cccc(C6CCC(=O)NC6=O)c5)CC4)ncc3Cl)ccc2n(C)c1=O. The molecule has 2 aliphatic rings. The molecule has 3 amide bonds. The smallest absolute Gasteiger partial charge is 0.293 e. The molecule has 1 atom stereocenters. The quantitative estimate of drug-likeness (QED) is 0.142. The fourth-order valence-electron chi connectivity index (χ4n) is 6.37. The number of rotatable bonds is 11. The lowest BCUT2D eigenvalue weighted by Crippen LogP contribution is -2.39. The number of aryl methyl sites for hydroxylation is 1. The van der Waals surface area contributed by atoms with Gasteiger partial charge in [0.2, 0.25) is 17.8 Å². The number of aromatic nitrogens is 3. The predicted molar refractivity (Wildman–Crippen MR) is 189 cm³/mol. The summed E-state index contributed by atoms with van der Waals surface area (Å²) >= 11 is 6.46. The second-order valence-corrected chi connectivity index (χ2v) is 12.9. The van der Waals surface area contributed by atoms with Crippen LogP contribution in [0.1, 0.15) is 50.0 Å². The van der Waals surface area contributed by atoms with Crippen molar-refractivity contribution in [1.82, 2.24) is 25.2 Å². The van der Waals surface area contributed by atoms with Crippen molar-refractivity contribution in [3.63, 3.8) is 0 Å². The highest BCUT2D eigenvalue weighted by molar-refractivity contribution is 6.32. The van der Waals surface area contributed by atoms with Crippen LogP contribution in [0.15, 0.2) is 59.5 Å². The van der Waals surface area contributed by atoms with Crippen molar-refractivity contribution in [3.05, 3.63) is 75.7 Å². The molecule has 5 N–H and O–H groups in total. The Balaban J connectivity index is 1.03. The van der Waals surface area contributed by atoms with Gasteiger partial charge in [0.1, 0.15) is 5.02 Å². The minimum absolute atomic E-state index is 0.0751. The van der Waals surface area contributed by atoms with Crippen molar-refractivity contribution in [2.75, 3.05) is 36.1 Å². The average molecular weight is 687 g/mol. The van der Waals surface area contributed by atoms with Crippen LogP contribution >= 0.6 is 11.6 Å². The van der Waals surface area contributed by atoms with Gasteiger partial charge in [0, 0.05) is 49.9 Å². The Morgan fingerprint density at radius 2 is 1.86 bits per heavy atom. The van der Waals surface area contributed by atoms with Gasteiger partial charge in [0.25, 0.3) is 11.5 Å². The standard InChI is InChI=1S/C35H39ClN8O5/c1-37-31(46)19-49-29-16-22-15-25(10-12-28(22)44(2)34(29)48)41-32-27(36)18-39-35(43-32)38-17-20-6-8-23(9-7-20)40-24-5-3-4-21(14-24)26-11-13-30(45)42-33(26)47/h3-5,10,12,14-16,18,20,23,26,40H,6-9,11,13,17,19H2,1-2H3,(H,37,46)(H,42,45,47)(H2,38,39,41,43)/t20-,23-,26?. The monoisotopic (exact) mass is 686 g/mol. The van der Waals surface area contributed by atoms with Crippen LogP contribution in [0.4, 0.5) is 23.1 Å². The normalized spacial score (nSPS) is 19.2. The van der Waals surface area contributed by atoms with E-state index < -0.39 is 0 Å². The molecule has 1 aliphatic heterocycles. The highest BCUT2D eigenvalue weighted by atomic mass is 35.5. The molecule has 49 heavy (non-hydrogen) atoms. The maximum absolute atomic E-state index is 12.7. The van der Waals surface area contributed by atoms with Crippen LogP contribution in [-0.4, -0.2) is 58.5 Å². The molecule has 3 heterocycles. The third-order valence-electron chi connectivity index (χ3n) is 9.13. The van der Waals surface area contributed by atoms with Crippen molar-refractivity contribution in [1.29, 1.82) is 0 Å². The van der Waals surface area contributed by atoms with E-state index >= 15 is 0 Å². The van der Waals surface area contributed by atoms with Gasteiger partial charge in [-0.15, -0.1) is 0 Å². The van der Waals surface area contributed by atoms with Gasteiger partial charge in [-0.1, -0.05) is 23.7 Å². The number of ether oxygens (including phenoxy) is 1. The highest BCUT2D eigenvalue weighted by Gasteiger charge is 2.28. The maximum atomic E-state index is 12.7. The van der Waals surface area contributed by atoms with Gasteiger partial charge in [-0.25, -0.2) is 4.98 Å². The Kier molecular flexibility index (Phi) is 10.3. The Hall–Kier alpha value is -5.17. The van der Waals surface area contributed by atoms with Crippen molar-refractivity contribution < 1.29 is 19.1 Å². The van der Waals surface area contributed by atoms with E-state index in [0.29, 0.717) is 52.8 Å². The minimum Gasteiger partial charge on any atom is -0.478 e. The van der Waals surface area contributed by atoms with Gasteiger partial charge in [0.15, 0.2) is 18.2 Å². The zero-order valence-corrected chi connectivity index (χ0v) is 28.1. The number of nitrogens with one attached hydrogen (secondary N) is 5. The number of hydrogen-bond donors (Lipinski definition) is 5. The number of hydrogen-bond acceptors (Lipinski definition) is 10. The Morgan fingerprint density at radius 3 is 2.63 bits per heavy atom. The van der Waals surface area contributed by atoms with E-state index in [-0.39, 0.29) is 41.6 Å². The van der Waals surface area contributed by atoms with Crippen LogP contribution in [0, 0.1) is 5.92 Å². The molecule has 2 fully saturated rings. The molecular weight excluding hydrogens is 648 g/mol. The van der Waals surface area contributed by atoms with Crippen molar-refractivity contribution in [2.45, 2.75) is 50.5 Å². The zero-order chi connectivity index (χ0) is 34.5. The van der Waals surface area contributed by atoms with Crippen LogP contribution in [0.25, 0.3) is 10.9 Å². The molecule has 14 heteroatoms. The van der Waals surface area contributed by atoms with E-state index in [2.05, 4.69) is 36.6 Å². The number of carbonyl (C=O) groups excluding carboxylic acids is 3. The van der Waals surface area contributed by atoms with E-state index in [9.17, 15) is 19.2 Å². The molecule has 13 nitrogen and oxygen atoms in total. The fraction of sp³-hybridized carbons (Fsp3) is 0.371. The number of fused-ring (bicyclic) bond motifs is 1. The Bertz CT molecular complexity index is 1940. The van der Waals surface area contributed by atoms with Crippen LogP contribution in [0.5, 0.6) is 5.75 Å². The number of imide groups is 1. The topological polar surface area (TPSA) is 168 Å². The predicted octanol–water partition coefficient (Wildman–Crippen LogP) is 4.45. The summed E-state index contributed by atoms with van der Waals surface area (Å²) in [6.07, 6.45) is 6.53. The summed E-state index contributed by atoms with van der Waals surface area (Å²) in [5.74, 6) is 0.362. The molecule has 1 saturated heterocycles. The maximum Gasteiger partial charge on any atom is 0.293 e. The third-order valence-corrected chi connectivity index (χ3v) is 9.41. The largest absolute Gasteiger partial charge is 0.478 e. The molecule has 1 unspecified atom stereocenters. The zero-order valence-electron chi connectivity index (χ0n) is 27.3. The lowest BCUT2D eigenvalue weighted by atomic mass is 9.85. The van der Waals surface area contributed by atoms with Crippen molar-refractivity contribution in [2.24, 2.45) is 13.0 Å². The van der Waals surface area contributed by atoms with E-state index in [1.807, 2.05) is 42.5 Å². The first-order valence-corrected chi connectivity index (χ1v) is 16.8. The number of anilines is 4. The van der Waals surface area contributed by atoms with Gasteiger partial charge >= 0.3 is 0 Å². The summed E-state index contributed by atoms with van der Waals surface area (Å²) in [5, 5.41) is 16.3. The fourth-order valence-corrected chi connectivity index (χ4v) is 6.50. The Morgan fingerprint density at radius 1 is 1.04 bits per heavy atom. The van der Waals surface area contributed by atoms with Gasteiger partial charge in [-0.3, -0.25) is 24.5 Å². The Labute approximate surface area is 288 Å². The van der Waals surface area contributed by atoms with Crippen LogP contribution < -0.4 is 36.9 Å². The van der Waals surface area contributed by atoms with Crippen LogP contribution in [0.2, 0.25) is 5.02 Å². The average Bonchev–Trinajstić information content (AvgIpc) is 3.10. The summed E-state index contributed by atoms with van der Waals surface area (Å²) < 4.78 is 6.95. The number of amides is 3. The molecule has 2 aromatic heterocycles. The summed E-state index contributed by atoms with van der Waals surface area (Å²) in [6, 6.07) is 15.4. The third kappa shape index (κ3) is 8.11. The number of halogens is 1. The minimum atomic E-state index is -0.340. The first-order chi connectivity index (χ1) is 23.7. The summed E-state index contributed by atoms with van der Waals surface area (Å²) in [6.45, 7) is 0.462. The summed E-state index contributed by atoms with van der Waals surface area (Å²) in [4.78, 5) is 57.2. The number of pyridine rings is 1. The molecule has 2 aromatic carbocycles. The van der Waals surface area contributed by atoms with Gasteiger partial charge in [0.05, 0.1) is 17.6 Å². The molecule has 0 radical (unpaired) electrons. The summed E-state index contributed by atoms with van der Waals surface area (Å²) in [7, 11) is 3.15. The first-order valence-electron chi connectivity index (χ1n) is 16.4. The molecule has 256 valence electrons. The lowest BCUT2D eigenvalue weighted by molar-refractivity contribution is -0.134.